The van der Waals surface area contributed by atoms with Gasteiger partial charge in [0.05, 0.1) is 24.2 Å². The highest BCUT2D eigenvalue weighted by Crippen LogP contribution is 2.29. The fraction of sp³-hybridized carbons (Fsp3) is 0.414. The predicted octanol–water partition coefficient (Wildman–Crippen LogP) is 4.52. The van der Waals surface area contributed by atoms with Crippen LogP contribution >= 0.6 is 0 Å². The smallest absolute Gasteiger partial charge is 0.373 e. The second kappa shape index (κ2) is 14.9. The maximum atomic E-state index is 14.0. The summed E-state index contributed by atoms with van der Waals surface area (Å²) in [6, 6.07) is 13.1. The van der Waals surface area contributed by atoms with Crippen LogP contribution in [-0.2, 0) is 33.8 Å². The largest absolute Gasteiger partial charge is 0.490 e. The van der Waals surface area contributed by atoms with Gasteiger partial charge in [-0.1, -0.05) is 38.1 Å². The van der Waals surface area contributed by atoms with Crippen molar-refractivity contribution >= 4 is 33.9 Å². The number of nitrogens with one attached hydrogen (secondary N) is 1. The molecule has 0 unspecified atom stereocenters. The normalized spacial score (nSPS) is 11.0. The number of halogens is 1. The Bertz CT molecular complexity index is 1400. The molecule has 0 radical (unpaired) electrons. The lowest BCUT2D eigenvalue weighted by atomic mass is 10.2. The zero-order valence-corrected chi connectivity index (χ0v) is 22.7. The van der Waals surface area contributed by atoms with Gasteiger partial charge in [-0.05, 0) is 49.1 Å². The molecule has 10 heteroatoms. The van der Waals surface area contributed by atoms with E-state index in [1.54, 1.807) is 19.2 Å². The van der Waals surface area contributed by atoms with Crippen LogP contribution in [0.3, 0.4) is 0 Å². The summed E-state index contributed by atoms with van der Waals surface area (Å²) in [5.41, 5.74) is 9.95. The number of nitrogens with two attached hydrogens (primary N) is 1. The third kappa shape index (κ3) is 8.07. The minimum atomic E-state index is -0.320. The maximum absolute atomic E-state index is 14.0. The average molecular weight is 538 g/mol. The van der Waals surface area contributed by atoms with Gasteiger partial charge in [0.2, 0.25) is 0 Å². The van der Waals surface area contributed by atoms with E-state index in [2.05, 4.69) is 20.9 Å². The zero-order chi connectivity index (χ0) is 28.2. The van der Waals surface area contributed by atoms with Crippen LogP contribution in [0.2, 0.25) is 0 Å². The standard InChI is InChI=1S/C28H36FN5O2.CO2/c1-19(2)18-36-24-16-20(10-11-22(24)29)17-31-13-6-7-14-34-25(12-15-35-3)33-26-27(34)21-8-4-5-9-23(21)32-28(26)30;2-1-3/h4-5,8-11,16,19,31H,6-7,12-15,17-18H2,1-3H3,(H2,30,32);. The maximum Gasteiger partial charge on any atom is 0.373 e. The van der Waals surface area contributed by atoms with Crippen LogP contribution < -0.4 is 15.8 Å². The number of benzene rings is 2. The number of nitrogen functional groups attached to an aromatic ring is 1. The van der Waals surface area contributed by atoms with Crippen molar-refractivity contribution in [3.8, 4) is 5.75 Å². The van der Waals surface area contributed by atoms with Crippen molar-refractivity contribution in [1.82, 2.24) is 19.9 Å². The highest BCUT2D eigenvalue weighted by atomic mass is 19.1. The van der Waals surface area contributed by atoms with Crippen molar-refractivity contribution in [1.29, 1.82) is 0 Å². The molecule has 0 fully saturated rings. The first-order valence-corrected chi connectivity index (χ1v) is 13.0. The highest BCUT2D eigenvalue weighted by Gasteiger charge is 2.17. The summed E-state index contributed by atoms with van der Waals surface area (Å²) in [4.78, 5) is 25.6. The monoisotopic (exact) mass is 537 g/mol. The molecule has 208 valence electrons. The van der Waals surface area contributed by atoms with Crippen LogP contribution in [0.5, 0.6) is 5.75 Å². The van der Waals surface area contributed by atoms with Crippen LogP contribution in [0.1, 0.15) is 38.1 Å². The van der Waals surface area contributed by atoms with Gasteiger partial charge in [0.25, 0.3) is 0 Å². The van der Waals surface area contributed by atoms with Crippen LogP contribution in [-0.4, -0.2) is 47.6 Å². The molecule has 0 saturated heterocycles. The Morgan fingerprint density at radius 2 is 1.90 bits per heavy atom. The van der Waals surface area contributed by atoms with Gasteiger partial charge in [-0.3, -0.25) is 0 Å². The second-order valence-electron chi connectivity index (χ2n) is 9.57. The molecule has 0 aliphatic carbocycles. The highest BCUT2D eigenvalue weighted by molar-refractivity contribution is 6.06. The van der Waals surface area contributed by atoms with Crippen molar-refractivity contribution < 1.29 is 23.5 Å². The van der Waals surface area contributed by atoms with Gasteiger partial charge in [-0.2, -0.15) is 9.59 Å². The zero-order valence-electron chi connectivity index (χ0n) is 22.7. The molecule has 0 aliphatic heterocycles. The molecule has 0 atom stereocenters. The van der Waals surface area contributed by atoms with Crippen molar-refractivity contribution in [2.45, 2.75) is 46.2 Å². The number of unbranched alkanes of at least 4 members (excludes halogenated alkanes) is 1. The molecule has 2 aromatic carbocycles. The number of rotatable bonds is 13. The third-order valence-corrected chi connectivity index (χ3v) is 6.10. The second-order valence-corrected chi connectivity index (χ2v) is 9.57. The number of carbonyl (C=O) groups excluding carboxylic acids is 2. The SMILES string of the molecule is COCCc1nc2c(N)nc3ccccc3c2n1CCCCNCc1ccc(F)c(OCC(C)C)c1.O=C=O. The molecule has 0 saturated carbocycles. The average Bonchev–Trinajstić information content (AvgIpc) is 3.29. The number of methoxy groups -OCH3 is 1. The topological polar surface area (TPSA) is 121 Å². The molecule has 3 N–H and O–H groups in total. The fourth-order valence-electron chi connectivity index (χ4n) is 4.31. The number of para-hydroxylation sites is 1. The third-order valence-electron chi connectivity index (χ3n) is 6.10. The first-order chi connectivity index (χ1) is 18.9. The molecule has 9 nitrogen and oxygen atoms in total. The lowest BCUT2D eigenvalue weighted by molar-refractivity contribution is -0.191. The van der Waals surface area contributed by atoms with Crippen molar-refractivity contribution in [3.05, 3.63) is 59.7 Å². The molecule has 0 bridgehead atoms. The lowest BCUT2D eigenvalue weighted by Gasteiger charge is -2.12. The number of aromatic nitrogens is 3. The number of aryl methyl sites for hydroxylation is 1. The molecule has 39 heavy (non-hydrogen) atoms. The van der Waals surface area contributed by atoms with Gasteiger partial charge in [0, 0.05) is 32.0 Å². The Balaban J connectivity index is 0.00000134. The molecule has 0 amide bonds. The van der Waals surface area contributed by atoms with E-state index in [4.69, 9.17) is 29.8 Å². The summed E-state index contributed by atoms with van der Waals surface area (Å²) in [6.07, 6.45) is 2.92. The summed E-state index contributed by atoms with van der Waals surface area (Å²) >= 11 is 0. The summed E-state index contributed by atoms with van der Waals surface area (Å²) in [5.74, 6) is 1.77. The number of imidazole rings is 1. The van der Waals surface area contributed by atoms with Crippen molar-refractivity contribution in [3.63, 3.8) is 0 Å². The van der Waals surface area contributed by atoms with Gasteiger partial charge in [-0.15, -0.1) is 0 Å². The number of pyridine rings is 1. The Morgan fingerprint density at radius 1 is 1.13 bits per heavy atom. The molecule has 0 aliphatic rings. The molecule has 4 aromatic rings. The summed E-state index contributed by atoms with van der Waals surface area (Å²) in [5, 5.41) is 4.52. The van der Waals surface area contributed by atoms with Gasteiger partial charge >= 0.3 is 6.15 Å². The lowest BCUT2D eigenvalue weighted by Crippen LogP contribution is -2.16. The predicted molar refractivity (Wildman–Crippen MR) is 148 cm³/mol. The summed E-state index contributed by atoms with van der Waals surface area (Å²) in [6.45, 7) is 7.53. The Hall–Kier alpha value is -3.85. The van der Waals surface area contributed by atoms with Crippen molar-refractivity contribution in [2.75, 3.05) is 32.6 Å². The molecule has 4 rings (SSSR count). The summed E-state index contributed by atoms with van der Waals surface area (Å²) < 4.78 is 27.2. The molecular weight excluding hydrogens is 501 g/mol. The molecular formula is C29H36FN5O4. The van der Waals surface area contributed by atoms with Gasteiger partial charge < -0.3 is 25.1 Å². The van der Waals surface area contributed by atoms with Crippen molar-refractivity contribution in [2.24, 2.45) is 5.92 Å². The number of ether oxygens (including phenoxy) is 2. The first-order valence-electron chi connectivity index (χ1n) is 13.0. The van der Waals surface area contributed by atoms with E-state index in [9.17, 15) is 4.39 Å². The van der Waals surface area contributed by atoms with E-state index in [0.717, 1.165) is 59.3 Å². The Morgan fingerprint density at radius 3 is 2.64 bits per heavy atom. The molecule has 2 heterocycles. The van der Waals surface area contributed by atoms with E-state index < -0.39 is 0 Å². The van der Waals surface area contributed by atoms with E-state index in [0.29, 0.717) is 43.7 Å². The van der Waals surface area contributed by atoms with Crippen LogP contribution in [0.15, 0.2) is 42.5 Å². The Labute approximate surface area is 227 Å². The number of fused-ring (bicyclic) bond motifs is 3. The van der Waals surface area contributed by atoms with Gasteiger partial charge in [-0.25, -0.2) is 14.4 Å². The van der Waals surface area contributed by atoms with Gasteiger partial charge in [0.15, 0.2) is 17.4 Å². The first kappa shape index (κ1) is 29.7. The minimum absolute atomic E-state index is 0.250. The number of hydrogen-bond acceptors (Lipinski definition) is 8. The molecule has 2 aromatic heterocycles. The van der Waals surface area contributed by atoms with Gasteiger partial charge in [0.1, 0.15) is 11.3 Å². The van der Waals surface area contributed by atoms with E-state index in [1.165, 1.54) is 6.07 Å². The molecule has 0 spiro atoms. The van der Waals surface area contributed by atoms with E-state index in [-0.39, 0.29) is 12.0 Å². The quantitative estimate of drug-likeness (QED) is 0.239. The minimum Gasteiger partial charge on any atom is -0.490 e. The van der Waals surface area contributed by atoms with Crippen LogP contribution in [0.4, 0.5) is 10.2 Å². The van der Waals surface area contributed by atoms with E-state index >= 15 is 0 Å². The van der Waals surface area contributed by atoms with E-state index in [1.807, 2.05) is 32.0 Å². The van der Waals surface area contributed by atoms with Crippen LogP contribution in [0.25, 0.3) is 21.9 Å². The Kier molecular flexibility index (Phi) is 11.4. The number of hydrogen-bond donors (Lipinski definition) is 2. The van der Waals surface area contributed by atoms with Crippen LogP contribution in [0, 0.1) is 11.7 Å². The number of nitrogens with zero attached hydrogens (tertiary/aromatic N) is 3. The number of anilines is 1. The summed E-state index contributed by atoms with van der Waals surface area (Å²) in [7, 11) is 1.70. The fourth-order valence-corrected chi connectivity index (χ4v) is 4.31.